The van der Waals surface area contributed by atoms with Crippen LogP contribution in [0.15, 0.2) is 24.3 Å². The lowest BCUT2D eigenvalue weighted by Crippen LogP contribution is -2.42. The third kappa shape index (κ3) is 1.82. The molecule has 16 heavy (non-hydrogen) atoms. The molecule has 1 atom stereocenters. The number of anilines is 1. The second kappa shape index (κ2) is 4.46. The fraction of sp³-hybridized carbons (Fsp3) is 0.571. The van der Waals surface area contributed by atoms with Crippen LogP contribution in [0.5, 0.6) is 0 Å². The van der Waals surface area contributed by atoms with E-state index in [1.54, 1.807) is 0 Å². The van der Waals surface area contributed by atoms with Gasteiger partial charge in [0, 0.05) is 18.8 Å². The molecule has 2 aliphatic rings. The Morgan fingerprint density at radius 1 is 1.12 bits per heavy atom. The normalized spacial score (nSPS) is 25.2. The summed E-state index contributed by atoms with van der Waals surface area (Å²) < 4.78 is 5.90. The number of aryl methyl sites for hydroxylation is 1. The van der Waals surface area contributed by atoms with Gasteiger partial charge < -0.3 is 9.64 Å². The van der Waals surface area contributed by atoms with Crippen LogP contribution in [-0.2, 0) is 11.2 Å². The first-order valence-corrected chi connectivity index (χ1v) is 6.41. The third-order valence-corrected chi connectivity index (χ3v) is 3.65. The topological polar surface area (TPSA) is 12.5 Å². The van der Waals surface area contributed by atoms with Crippen molar-refractivity contribution in [2.45, 2.75) is 38.3 Å². The number of rotatable bonds is 1. The second-order valence-corrected chi connectivity index (χ2v) is 4.75. The largest absolute Gasteiger partial charge is 0.358 e. The van der Waals surface area contributed by atoms with E-state index in [9.17, 15) is 0 Å². The molecule has 1 aromatic carbocycles. The molecular formula is C14H19NO. The molecule has 86 valence electrons. The maximum absolute atomic E-state index is 5.90. The third-order valence-electron chi connectivity index (χ3n) is 3.65. The summed E-state index contributed by atoms with van der Waals surface area (Å²) in [4.78, 5) is 2.47. The number of benzene rings is 1. The number of ether oxygens (including phenoxy) is 1. The lowest BCUT2D eigenvalue weighted by Gasteiger charge is -2.39. The van der Waals surface area contributed by atoms with E-state index in [1.807, 2.05) is 0 Å². The molecule has 1 unspecified atom stereocenters. The Kier molecular flexibility index (Phi) is 2.83. The van der Waals surface area contributed by atoms with Gasteiger partial charge >= 0.3 is 0 Å². The highest BCUT2D eigenvalue weighted by molar-refractivity contribution is 5.55. The van der Waals surface area contributed by atoms with Crippen LogP contribution >= 0.6 is 0 Å². The van der Waals surface area contributed by atoms with Crippen molar-refractivity contribution in [2.24, 2.45) is 0 Å². The minimum Gasteiger partial charge on any atom is -0.358 e. The van der Waals surface area contributed by atoms with Crippen molar-refractivity contribution in [3.8, 4) is 0 Å². The van der Waals surface area contributed by atoms with Gasteiger partial charge in [-0.2, -0.15) is 0 Å². The van der Waals surface area contributed by atoms with Crippen LogP contribution < -0.4 is 4.90 Å². The minimum atomic E-state index is 0.329. The van der Waals surface area contributed by atoms with Crippen LogP contribution in [0.2, 0.25) is 0 Å². The van der Waals surface area contributed by atoms with Crippen molar-refractivity contribution >= 4 is 5.69 Å². The summed E-state index contributed by atoms with van der Waals surface area (Å²) in [6, 6.07) is 8.78. The van der Waals surface area contributed by atoms with Crippen molar-refractivity contribution < 1.29 is 4.74 Å². The Bertz CT molecular complexity index is 358. The first-order valence-electron chi connectivity index (χ1n) is 6.41. The van der Waals surface area contributed by atoms with Gasteiger partial charge in [-0.1, -0.05) is 18.2 Å². The van der Waals surface area contributed by atoms with Gasteiger partial charge in [-0.15, -0.1) is 0 Å². The number of hydrogen-bond donors (Lipinski definition) is 0. The zero-order valence-electron chi connectivity index (χ0n) is 9.69. The number of hydrogen-bond acceptors (Lipinski definition) is 2. The Morgan fingerprint density at radius 2 is 2.06 bits per heavy atom. The lowest BCUT2D eigenvalue weighted by molar-refractivity contribution is 0.0134. The highest BCUT2D eigenvalue weighted by atomic mass is 16.5. The summed E-state index contributed by atoms with van der Waals surface area (Å²) in [6.45, 7) is 2.09. The van der Waals surface area contributed by atoms with Crippen LogP contribution in [-0.4, -0.2) is 19.4 Å². The van der Waals surface area contributed by atoms with Gasteiger partial charge in [0.1, 0.15) is 6.23 Å². The molecule has 0 aliphatic carbocycles. The molecule has 2 heteroatoms. The molecule has 0 radical (unpaired) electrons. The SMILES string of the molecule is c1ccc2c(c1)CCCN2C1CCCCO1. The summed E-state index contributed by atoms with van der Waals surface area (Å²) in [6.07, 6.45) is 6.54. The average molecular weight is 217 g/mol. The molecule has 0 spiro atoms. The Morgan fingerprint density at radius 3 is 2.94 bits per heavy atom. The fourth-order valence-electron chi connectivity index (χ4n) is 2.83. The Hall–Kier alpha value is -1.02. The molecule has 2 heterocycles. The Balaban J connectivity index is 1.86. The average Bonchev–Trinajstić information content (AvgIpc) is 2.39. The van der Waals surface area contributed by atoms with E-state index in [-0.39, 0.29) is 0 Å². The van der Waals surface area contributed by atoms with Crippen LogP contribution in [0.1, 0.15) is 31.2 Å². The van der Waals surface area contributed by atoms with Gasteiger partial charge in [0.05, 0.1) is 0 Å². The second-order valence-electron chi connectivity index (χ2n) is 4.75. The molecule has 1 fully saturated rings. The van der Waals surface area contributed by atoms with Gasteiger partial charge in [-0.25, -0.2) is 0 Å². The molecule has 2 nitrogen and oxygen atoms in total. The number of para-hydroxylation sites is 1. The van der Waals surface area contributed by atoms with Gasteiger partial charge in [0.2, 0.25) is 0 Å². The first kappa shape index (κ1) is 10.2. The summed E-state index contributed by atoms with van der Waals surface area (Å²) in [5.74, 6) is 0. The van der Waals surface area contributed by atoms with Crippen molar-refractivity contribution in [1.29, 1.82) is 0 Å². The van der Waals surface area contributed by atoms with Gasteiger partial charge in [0.25, 0.3) is 0 Å². The smallest absolute Gasteiger partial charge is 0.130 e. The van der Waals surface area contributed by atoms with Crippen LogP contribution in [0.3, 0.4) is 0 Å². The van der Waals surface area contributed by atoms with Gasteiger partial charge in [0.15, 0.2) is 0 Å². The molecule has 1 saturated heterocycles. The zero-order chi connectivity index (χ0) is 10.8. The van der Waals surface area contributed by atoms with E-state index in [1.165, 1.54) is 43.4 Å². The molecule has 0 aromatic heterocycles. The van der Waals surface area contributed by atoms with Crippen LogP contribution in [0.4, 0.5) is 5.69 Å². The predicted octanol–water partition coefficient (Wildman–Crippen LogP) is 2.97. The van der Waals surface area contributed by atoms with E-state index in [2.05, 4.69) is 29.2 Å². The summed E-state index contributed by atoms with van der Waals surface area (Å²) in [5, 5.41) is 0. The van der Waals surface area contributed by atoms with Crippen LogP contribution in [0, 0.1) is 0 Å². The molecule has 0 saturated carbocycles. The fourth-order valence-corrected chi connectivity index (χ4v) is 2.83. The van der Waals surface area contributed by atoms with Crippen molar-refractivity contribution in [3.63, 3.8) is 0 Å². The molecule has 0 amide bonds. The highest BCUT2D eigenvalue weighted by Crippen LogP contribution is 2.31. The molecule has 0 bridgehead atoms. The van der Waals surface area contributed by atoms with E-state index in [0.29, 0.717) is 6.23 Å². The molecule has 0 N–H and O–H groups in total. The summed E-state index contributed by atoms with van der Waals surface area (Å²) >= 11 is 0. The van der Waals surface area contributed by atoms with Crippen molar-refractivity contribution in [3.05, 3.63) is 29.8 Å². The number of fused-ring (bicyclic) bond motifs is 1. The summed E-state index contributed by atoms with van der Waals surface area (Å²) in [5.41, 5.74) is 2.89. The van der Waals surface area contributed by atoms with Crippen LogP contribution in [0.25, 0.3) is 0 Å². The van der Waals surface area contributed by atoms with Crippen molar-refractivity contribution in [1.82, 2.24) is 0 Å². The quantitative estimate of drug-likeness (QED) is 0.717. The molecule has 3 rings (SSSR count). The first-order chi connectivity index (χ1) is 7.95. The van der Waals surface area contributed by atoms with E-state index in [4.69, 9.17) is 4.74 Å². The van der Waals surface area contributed by atoms with E-state index >= 15 is 0 Å². The zero-order valence-corrected chi connectivity index (χ0v) is 9.69. The standard InChI is InChI=1S/C14H19NO/c1-2-8-13-12(6-1)7-5-10-15(13)14-9-3-4-11-16-14/h1-2,6,8,14H,3-5,7,9-11H2. The minimum absolute atomic E-state index is 0.329. The van der Waals surface area contributed by atoms with Gasteiger partial charge in [-0.3, -0.25) is 0 Å². The van der Waals surface area contributed by atoms with E-state index in [0.717, 1.165) is 13.2 Å². The highest BCUT2D eigenvalue weighted by Gasteiger charge is 2.25. The molecule has 1 aromatic rings. The number of nitrogens with zero attached hydrogens (tertiary/aromatic N) is 1. The monoisotopic (exact) mass is 217 g/mol. The molecular weight excluding hydrogens is 198 g/mol. The maximum Gasteiger partial charge on any atom is 0.130 e. The summed E-state index contributed by atoms with van der Waals surface area (Å²) in [7, 11) is 0. The predicted molar refractivity (Wildman–Crippen MR) is 65.7 cm³/mol. The lowest BCUT2D eigenvalue weighted by atomic mass is 10.0. The molecule has 2 aliphatic heterocycles. The van der Waals surface area contributed by atoms with Crippen molar-refractivity contribution in [2.75, 3.05) is 18.1 Å². The Labute approximate surface area is 97.2 Å². The maximum atomic E-state index is 5.90. The van der Waals surface area contributed by atoms with E-state index < -0.39 is 0 Å². The van der Waals surface area contributed by atoms with Gasteiger partial charge in [-0.05, 0) is 43.7 Å².